The van der Waals surface area contributed by atoms with Crippen molar-refractivity contribution in [1.82, 2.24) is 9.97 Å². The third kappa shape index (κ3) is 1.46. The van der Waals surface area contributed by atoms with Gasteiger partial charge in [-0.1, -0.05) is 12.2 Å². The highest BCUT2D eigenvalue weighted by molar-refractivity contribution is 5.36. The maximum Gasteiger partial charge on any atom is 0.277 e. The number of allylic oxidation sites excluding steroid dienone is 3. The van der Waals surface area contributed by atoms with E-state index in [1.54, 1.807) is 18.4 Å². The molecule has 1 aliphatic rings. The van der Waals surface area contributed by atoms with E-state index in [4.69, 9.17) is 0 Å². The lowest BCUT2D eigenvalue weighted by atomic mass is 10.4. The first-order chi connectivity index (χ1) is 6.38. The molecular weight excluding hydrogens is 166 g/mol. The fourth-order valence-electron chi connectivity index (χ4n) is 1.03. The molecule has 4 heteroatoms. The van der Waals surface area contributed by atoms with Gasteiger partial charge in [0.1, 0.15) is 0 Å². The number of aromatic amines is 1. The van der Waals surface area contributed by atoms with E-state index in [9.17, 15) is 4.79 Å². The second-order valence-corrected chi connectivity index (χ2v) is 2.49. The summed E-state index contributed by atoms with van der Waals surface area (Å²) in [5, 5.41) is 0.937. The Kier molecular flexibility index (Phi) is 1.88. The van der Waals surface area contributed by atoms with Crippen LogP contribution in [0.3, 0.4) is 0 Å². The minimum absolute atomic E-state index is 0.221. The third-order valence-electron chi connectivity index (χ3n) is 1.62. The molecule has 1 aromatic heterocycles. The van der Waals surface area contributed by atoms with Crippen LogP contribution in [0.1, 0.15) is 0 Å². The van der Waals surface area contributed by atoms with E-state index in [1.165, 1.54) is 6.33 Å². The topological polar surface area (TPSA) is 58.1 Å². The van der Waals surface area contributed by atoms with Crippen molar-refractivity contribution in [1.29, 1.82) is 0 Å². The number of hydrogen-bond donors (Lipinski definition) is 1. The summed E-state index contributed by atoms with van der Waals surface area (Å²) in [6, 6.07) is 0. The Morgan fingerprint density at radius 3 is 3.08 bits per heavy atom. The highest BCUT2D eigenvalue weighted by Crippen LogP contribution is 1.79. The molecule has 0 aromatic carbocycles. The van der Waals surface area contributed by atoms with Gasteiger partial charge in [0.2, 0.25) is 0 Å². The lowest BCUT2D eigenvalue weighted by molar-refractivity contribution is 1.02. The van der Waals surface area contributed by atoms with Gasteiger partial charge in [0.15, 0.2) is 5.36 Å². The van der Waals surface area contributed by atoms with Gasteiger partial charge in [-0.25, -0.2) is 9.98 Å². The first-order valence-electron chi connectivity index (χ1n) is 3.83. The molecule has 4 nitrogen and oxygen atoms in total. The molecule has 0 bridgehead atoms. The molecule has 1 aromatic rings. The Morgan fingerprint density at radius 1 is 1.23 bits per heavy atom. The SMILES string of the molecule is O=c1[nH]cnc2/c1=N\C=C/C=C\C=2. The van der Waals surface area contributed by atoms with E-state index in [0.29, 0.717) is 10.7 Å². The van der Waals surface area contributed by atoms with Gasteiger partial charge >= 0.3 is 0 Å². The average molecular weight is 173 g/mol. The summed E-state index contributed by atoms with van der Waals surface area (Å²) < 4.78 is 0. The molecule has 1 N–H and O–H groups in total. The zero-order chi connectivity index (χ0) is 9.10. The first-order valence-corrected chi connectivity index (χ1v) is 3.83. The summed E-state index contributed by atoms with van der Waals surface area (Å²) in [5.74, 6) is 0. The Balaban J connectivity index is 2.95. The zero-order valence-electron chi connectivity index (χ0n) is 6.77. The van der Waals surface area contributed by atoms with Gasteiger partial charge < -0.3 is 4.98 Å². The molecule has 1 aliphatic heterocycles. The molecule has 2 heterocycles. The molecule has 0 spiro atoms. The number of hydrogen-bond acceptors (Lipinski definition) is 3. The Bertz CT molecular complexity index is 537. The predicted molar refractivity (Wildman–Crippen MR) is 48.4 cm³/mol. The molecule has 0 saturated heterocycles. The van der Waals surface area contributed by atoms with Gasteiger partial charge in [0.25, 0.3) is 5.56 Å². The van der Waals surface area contributed by atoms with Gasteiger partial charge in [0.05, 0.1) is 11.7 Å². The monoisotopic (exact) mass is 173 g/mol. The molecule has 0 atom stereocenters. The van der Waals surface area contributed by atoms with Gasteiger partial charge in [0, 0.05) is 6.20 Å². The predicted octanol–water partition coefficient (Wildman–Crippen LogP) is -0.746. The highest BCUT2D eigenvalue weighted by Gasteiger charge is 1.92. The number of nitrogens with zero attached hydrogens (tertiary/aromatic N) is 2. The first kappa shape index (κ1) is 7.67. The number of H-pyrrole nitrogens is 1. The summed E-state index contributed by atoms with van der Waals surface area (Å²) in [7, 11) is 0. The maximum absolute atomic E-state index is 11.3. The molecule has 13 heavy (non-hydrogen) atoms. The van der Waals surface area contributed by atoms with E-state index in [1.807, 2.05) is 12.2 Å². The normalized spacial score (nSPS) is 23.7. The smallest absolute Gasteiger partial charge is 0.277 e. The van der Waals surface area contributed by atoms with Gasteiger partial charge in [-0.05, 0) is 12.2 Å². The van der Waals surface area contributed by atoms with Crippen LogP contribution in [0.4, 0.5) is 0 Å². The molecule has 0 unspecified atom stereocenters. The Morgan fingerprint density at radius 2 is 2.15 bits per heavy atom. The molecular formula is C9H7N3O. The van der Waals surface area contributed by atoms with Crippen molar-refractivity contribution in [2.24, 2.45) is 4.99 Å². The van der Waals surface area contributed by atoms with Gasteiger partial charge in [-0.2, -0.15) is 0 Å². The molecule has 2 rings (SSSR count). The molecule has 0 aliphatic carbocycles. The number of nitrogens with one attached hydrogen (secondary N) is 1. The van der Waals surface area contributed by atoms with Crippen molar-refractivity contribution in [2.45, 2.75) is 0 Å². The van der Waals surface area contributed by atoms with Crippen LogP contribution >= 0.6 is 0 Å². The summed E-state index contributed by atoms with van der Waals surface area (Å²) in [5.41, 5.74) is -0.221. The van der Waals surface area contributed by atoms with Crippen LogP contribution in [-0.4, -0.2) is 9.97 Å². The largest absolute Gasteiger partial charge is 0.311 e. The minimum Gasteiger partial charge on any atom is -0.311 e. The van der Waals surface area contributed by atoms with Crippen LogP contribution in [0.5, 0.6) is 0 Å². The van der Waals surface area contributed by atoms with Crippen molar-refractivity contribution in [3.05, 3.63) is 51.8 Å². The third-order valence-corrected chi connectivity index (χ3v) is 1.62. The van der Waals surface area contributed by atoms with E-state index < -0.39 is 0 Å². The average Bonchev–Trinajstić information content (AvgIpc) is 2.07. The van der Waals surface area contributed by atoms with Crippen molar-refractivity contribution in [3.8, 4) is 0 Å². The second-order valence-electron chi connectivity index (χ2n) is 2.49. The van der Waals surface area contributed by atoms with E-state index in [-0.39, 0.29) is 5.56 Å². The maximum atomic E-state index is 11.3. The van der Waals surface area contributed by atoms with Crippen LogP contribution in [0.15, 0.2) is 40.5 Å². The molecule has 0 amide bonds. The second kappa shape index (κ2) is 3.18. The highest BCUT2D eigenvalue weighted by atomic mass is 16.1. The fourth-order valence-corrected chi connectivity index (χ4v) is 1.03. The molecule has 0 fully saturated rings. The number of aromatic nitrogens is 2. The van der Waals surface area contributed by atoms with Crippen LogP contribution < -0.4 is 16.3 Å². The van der Waals surface area contributed by atoms with E-state index >= 15 is 0 Å². The number of fused-ring (bicyclic) bond motifs is 1. The summed E-state index contributed by atoms with van der Waals surface area (Å²) in [6.07, 6.45) is 10.1. The minimum atomic E-state index is -0.221. The zero-order valence-corrected chi connectivity index (χ0v) is 6.77. The van der Waals surface area contributed by atoms with Crippen molar-refractivity contribution >= 4 is 6.08 Å². The summed E-state index contributed by atoms with van der Waals surface area (Å²) in [6.45, 7) is 0. The summed E-state index contributed by atoms with van der Waals surface area (Å²) in [4.78, 5) is 21.7. The Labute approximate surface area is 73.7 Å². The van der Waals surface area contributed by atoms with E-state index in [0.717, 1.165) is 0 Å². The van der Waals surface area contributed by atoms with Crippen LogP contribution in [-0.2, 0) is 0 Å². The van der Waals surface area contributed by atoms with Gasteiger partial charge in [-0.15, -0.1) is 0 Å². The van der Waals surface area contributed by atoms with Crippen LogP contribution in [0.2, 0.25) is 0 Å². The van der Waals surface area contributed by atoms with E-state index in [2.05, 4.69) is 15.0 Å². The molecule has 0 radical (unpaired) electrons. The lowest BCUT2D eigenvalue weighted by Crippen LogP contribution is -2.42. The van der Waals surface area contributed by atoms with Gasteiger partial charge in [-0.3, -0.25) is 4.79 Å². The Hall–Kier alpha value is -1.97. The van der Waals surface area contributed by atoms with Crippen molar-refractivity contribution < 1.29 is 0 Å². The fraction of sp³-hybridized carbons (Fsp3) is 0. The van der Waals surface area contributed by atoms with Crippen molar-refractivity contribution in [2.75, 3.05) is 0 Å². The summed E-state index contributed by atoms with van der Waals surface area (Å²) >= 11 is 0. The molecule has 64 valence electrons. The lowest BCUT2D eigenvalue weighted by Gasteiger charge is -1.88. The number of rotatable bonds is 0. The quantitative estimate of drug-likeness (QED) is 0.561. The van der Waals surface area contributed by atoms with Crippen LogP contribution in [0, 0.1) is 0 Å². The van der Waals surface area contributed by atoms with Crippen LogP contribution in [0.25, 0.3) is 6.08 Å². The standard InChI is InChI=1S/C9H7N3O/c13-9-8-7(11-6-12-9)4-2-1-3-5-10-8/h1-6H,(H,11,12,13). The molecule has 0 saturated carbocycles. The van der Waals surface area contributed by atoms with Crippen molar-refractivity contribution in [3.63, 3.8) is 0 Å².